The summed E-state index contributed by atoms with van der Waals surface area (Å²) in [5.74, 6) is -1.12. The molecule has 1 radical (unpaired) electrons. The molecule has 0 fully saturated rings. The molecule has 0 atom stereocenters. The van der Waals surface area contributed by atoms with E-state index in [0.717, 1.165) is 0 Å². The molecule has 2 N–H and O–H groups in total. The average molecular weight is 308 g/mol. The summed E-state index contributed by atoms with van der Waals surface area (Å²) in [6.07, 6.45) is 0. The fraction of sp³-hybridized carbons (Fsp3) is 0.500. The van der Waals surface area contributed by atoms with Gasteiger partial charge in [-0.15, -0.1) is 23.0 Å². The Morgan fingerprint density at radius 1 is 1.30 bits per heavy atom. The predicted octanol–water partition coefficient (Wildman–Crippen LogP) is 0.633. The standard InChI is InChI=1S/C8H17N4O.C4H6O2.ClH/c1-6-10-8(13)7(2)11(4)12(5)9-3;1-3(2)4(5)6;/h2,6H2,1,3-5H3,(H,10,13);1H2,2H3,(H,5,6);1H. The highest BCUT2D eigenvalue weighted by Gasteiger charge is 2.13. The van der Waals surface area contributed by atoms with Crippen LogP contribution in [-0.2, 0) is 9.59 Å². The number of carboxylic acids is 1. The van der Waals surface area contributed by atoms with E-state index in [1.54, 1.807) is 26.2 Å². The van der Waals surface area contributed by atoms with Crippen molar-refractivity contribution in [2.45, 2.75) is 13.8 Å². The number of hydrogen-bond donors (Lipinski definition) is 2. The quantitative estimate of drug-likeness (QED) is 0.555. The lowest BCUT2D eigenvalue weighted by Gasteiger charge is -2.28. The number of rotatable bonds is 6. The lowest BCUT2D eigenvalue weighted by Crippen LogP contribution is -2.43. The van der Waals surface area contributed by atoms with Crippen LogP contribution in [0.5, 0.6) is 0 Å². The van der Waals surface area contributed by atoms with Gasteiger partial charge in [-0.3, -0.25) is 9.80 Å². The van der Waals surface area contributed by atoms with Crippen molar-refractivity contribution in [1.82, 2.24) is 20.9 Å². The molecule has 0 saturated carbocycles. The molecular weight excluding hydrogens is 284 g/mol. The van der Waals surface area contributed by atoms with E-state index in [9.17, 15) is 9.59 Å². The molecule has 0 saturated heterocycles. The van der Waals surface area contributed by atoms with Crippen molar-refractivity contribution in [1.29, 1.82) is 0 Å². The fourth-order valence-corrected chi connectivity index (χ4v) is 0.718. The zero-order valence-corrected chi connectivity index (χ0v) is 13.5. The number of aliphatic carboxylic acids is 1. The second-order valence-electron chi connectivity index (χ2n) is 3.60. The van der Waals surface area contributed by atoms with E-state index in [1.807, 2.05) is 6.92 Å². The van der Waals surface area contributed by atoms with E-state index in [0.29, 0.717) is 12.2 Å². The zero-order valence-electron chi connectivity index (χ0n) is 12.6. The third-order valence-corrected chi connectivity index (χ3v) is 2.08. The number of likely N-dealkylation sites (N-methyl/N-ethyl adjacent to an activating group) is 2. The zero-order chi connectivity index (χ0) is 15.6. The van der Waals surface area contributed by atoms with Gasteiger partial charge in [0.2, 0.25) is 0 Å². The summed E-state index contributed by atoms with van der Waals surface area (Å²) in [5.41, 5.74) is 4.42. The summed E-state index contributed by atoms with van der Waals surface area (Å²) in [6, 6.07) is 0. The Balaban J connectivity index is -0.000000352. The molecular formula is C12H24ClN4O3. The third-order valence-electron chi connectivity index (χ3n) is 2.08. The smallest absolute Gasteiger partial charge is 0.330 e. The number of hydrazine groups is 1. The first kappa shape index (κ1) is 23.5. The van der Waals surface area contributed by atoms with Crippen molar-refractivity contribution in [3.63, 3.8) is 0 Å². The van der Waals surface area contributed by atoms with E-state index in [1.165, 1.54) is 12.0 Å². The van der Waals surface area contributed by atoms with Gasteiger partial charge in [-0.1, -0.05) is 13.2 Å². The fourth-order valence-electron chi connectivity index (χ4n) is 0.718. The summed E-state index contributed by atoms with van der Waals surface area (Å²) >= 11 is 0. The molecule has 1 amide bonds. The normalized spacial score (nSPS) is 8.70. The molecule has 0 aromatic rings. The van der Waals surface area contributed by atoms with E-state index in [2.05, 4.69) is 23.9 Å². The first-order valence-electron chi connectivity index (χ1n) is 5.61. The molecule has 0 bridgehead atoms. The number of carbonyl (C=O) groups excluding carboxylic acids is 1. The Kier molecular flexibility index (Phi) is 14.7. The minimum Gasteiger partial charge on any atom is -0.478 e. The Morgan fingerprint density at radius 2 is 1.70 bits per heavy atom. The van der Waals surface area contributed by atoms with Crippen LogP contribution in [0.1, 0.15) is 13.8 Å². The maximum atomic E-state index is 11.3. The maximum Gasteiger partial charge on any atom is 0.330 e. The monoisotopic (exact) mass is 307 g/mol. The van der Waals surface area contributed by atoms with Gasteiger partial charge in [0, 0.05) is 33.3 Å². The summed E-state index contributed by atoms with van der Waals surface area (Å²) in [4.78, 5) is 20.9. The lowest BCUT2D eigenvalue weighted by molar-refractivity contribution is -0.132. The first-order chi connectivity index (χ1) is 8.68. The second kappa shape index (κ2) is 12.5. The largest absolute Gasteiger partial charge is 0.478 e. The molecule has 0 aromatic heterocycles. The number of hydrogen-bond acceptors (Lipinski definition) is 4. The summed E-state index contributed by atoms with van der Waals surface area (Å²) in [6.45, 7) is 10.7. The van der Waals surface area contributed by atoms with Crippen LogP contribution in [0, 0.1) is 0 Å². The van der Waals surface area contributed by atoms with Gasteiger partial charge in [-0.25, -0.2) is 4.79 Å². The molecule has 0 heterocycles. The van der Waals surface area contributed by atoms with Gasteiger partial charge in [-0.05, 0) is 13.8 Å². The van der Waals surface area contributed by atoms with E-state index < -0.39 is 5.97 Å². The van der Waals surface area contributed by atoms with Gasteiger partial charge in [0.05, 0.1) is 0 Å². The highest BCUT2D eigenvalue weighted by Crippen LogP contribution is 1.99. The number of nitrogens with zero attached hydrogens (tertiary/aromatic N) is 3. The minimum absolute atomic E-state index is 0. The Bertz CT molecular complexity index is 336. The van der Waals surface area contributed by atoms with Crippen molar-refractivity contribution in [2.75, 3.05) is 27.7 Å². The van der Waals surface area contributed by atoms with Gasteiger partial charge in [0.15, 0.2) is 0 Å². The molecule has 20 heavy (non-hydrogen) atoms. The third kappa shape index (κ3) is 10.4. The molecule has 8 heteroatoms. The first-order valence-corrected chi connectivity index (χ1v) is 5.61. The highest BCUT2D eigenvalue weighted by molar-refractivity contribution is 5.91. The number of amides is 1. The van der Waals surface area contributed by atoms with Gasteiger partial charge in [0.1, 0.15) is 5.70 Å². The number of nitrogens with one attached hydrogen (secondary N) is 1. The molecule has 0 aliphatic rings. The number of carboxylic acid groups (broad SMARTS) is 1. The van der Waals surface area contributed by atoms with Crippen molar-refractivity contribution in [3.05, 3.63) is 24.4 Å². The maximum absolute atomic E-state index is 11.3. The SMILES string of the molecule is C=C(C(=O)NCC)N(C)N(C)[N]C.C=C(C)C(=O)O.Cl. The molecule has 0 aliphatic carbocycles. The topological polar surface area (TPSA) is 87.0 Å². The molecule has 0 aliphatic heterocycles. The number of halogens is 1. The van der Waals surface area contributed by atoms with Crippen molar-refractivity contribution in [2.24, 2.45) is 0 Å². The second-order valence-corrected chi connectivity index (χ2v) is 3.60. The highest BCUT2D eigenvalue weighted by atomic mass is 35.5. The van der Waals surface area contributed by atoms with Gasteiger partial charge >= 0.3 is 5.97 Å². The summed E-state index contributed by atoms with van der Waals surface area (Å²) in [7, 11) is 5.11. The molecule has 0 spiro atoms. The predicted molar refractivity (Wildman–Crippen MR) is 81.1 cm³/mol. The van der Waals surface area contributed by atoms with E-state index in [4.69, 9.17) is 5.11 Å². The Labute approximate surface area is 126 Å². The van der Waals surface area contributed by atoms with Gasteiger partial charge in [0.25, 0.3) is 5.91 Å². The molecule has 0 aromatic carbocycles. The van der Waals surface area contributed by atoms with Gasteiger partial charge in [-0.2, -0.15) is 0 Å². The van der Waals surface area contributed by atoms with Crippen LogP contribution in [-0.4, -0.2) is 54.8 Å². The van der Waals surface area contributed by atoms with Crippen LogP contribution in [0.15, 0.2) is 24.4 Å². The van der Waals surface area contributed by atoms with Gasteiger partial charge < -0.3 is 10.4 Å². The van der Waals surface area contributed by atoms with Crippen LogP contribution >= 0.6 is 12.4 Å². The van der Waals surface area contributed by atoms with E-state index >= 15 is 0 Å². The Hall–Kier alpha value is -1.57. The van der Waals surface area contributed by atoms with Crippen LogP contribution in [0.4, 0.5) is 0 Å². The minimum atomic E-state index is -0.935. The van der Waals surface area contributed by atoms with Crippen molar-refractivity contribution < 1.29 is 14.7 Å². The van der Waals surface area contributed by atoms with Crippen LogP contribution < -0.4 is 10.7 Å². The van der Waals surface area contributed by atoms with Crippen LogP contribution in [0.25, 0.3) is 0 Å². The van der Waals surface area contributed by atoms with Crippen LogP contribution in [0.3, 0.4) is 0 Å². The van der Waals surface area contributed by atoms with Crippen LogP contribution in [0.2, 0.25) is 0 Å². The Morgan fingerprint density at radius 3 is 1.95 bits per heavy atom. The summed E-state index contributed by atoms with van der Waals surface area (Å²) < 4.78 is 0. The molecule has 117 valence electrons. The van der Waals surface area contributed by atoms with Crippen molar-refractivity contribution in [3.8, 4) is 0 Å². The average Bonchev–Trinajstić information content (AvgIpc) is 2.36. The van der Waals surface area contributed by atoms with E-state index in [-0.39, 0.29) is 23.9 Å². The molecule has 0 rings (SSSR count). The lowest BCUT2D eigenvalue weighted by atomic mass is 10.4. The number of carbonyl (C=O) groups is 2. The molecule has 0 unspecified atom stereocenters. The van der Waals surface area contributed by atoms with Crippen molar-refractivity contribution >= 4 is 24.3 Å². The summed E-state index contributed by atoms with van der Waals surface area (Å²) in [5, 5.41) is 13.7. The molecule has 7 nitrogen and oxygen atoms in total.